The normalized spacial score (nSPS) is 12.0. The highest BCUT2D eigenvalue weighted by molar-refractivity contribution is 5.89. The number of ether oxygens (including phenoxy) is 4. The number of hydrogen-bond donors (Lipinski definition) is 0. The molecule has 0 spiro atoms. The van der Waals surface area contributed by atoms with Crippen molar-refractivity contribution in [3.8, 4) is 5.75 Å². The van der Waals surface area contributed by atoms with E-state index in [9.17, 15) is 9.59 Å². The number of hydrogen-bond acceptors (Lipinski definition) is 6. The van der Waals surface area contributed by atoms with Crippen LogP contribution in [0.1, 0.15) is 59.1 Å². The zero-order valence-electron chi connectivity index (χ0n) is 16.9. The summed E-state index contributed by atoms with van der Waals surface area (Å²) in [6.45, 7) is 13.5. The van der Waals surface area contributed by atoms with Crippen LogP contribution in [0.3, 0.4) is 0 Å². The second kappa shape index (κ2) is 10.6. The second-order valence-electron chi connectivity index (χ2n) is 6.98. The third-order valence-electron chi connectivity index (χ3n) is 3.41. The van der Waals surface area contributed by atoms with Gasteiger partial charge in [0.1, 0.15) is 11.4 Å². The lowest BCUT2D eigenvalue weighted by Crippen LogP contribution is -2.27. The van der Waals surface area contributed by atoms with E-state index in [2.05, 4.69) is 13.5 Å². The molecule has 6 heteroatoms. The van der Waals surface area contributed by atoms with Crippen LogP contribution in [-0.2, 0) is 19.0 Å². The van der Waals surface area contributed by atoms with Crippen molar-refractivity contribution in [2.24, 2.45) is 0 Å². The van der Waals surface area contributed by atoms with Crippen molar-refractivity contribution < 1.29 is 28.5 Å². The van der Waals surface area contributed by atoms with E-state index in [1.807, 2.05) is 0 Å². The maximum Gasteiger partial charge on any atom is 0.509 e. The zero-order chi connectivity index (χ0) is 20.4. The molecule has 1 aromatic carbocycles. The molecule has 0 radical (unpaired) electrons. The number of carbonyl (C=O) groups excluding carboxylic acids is 2. The fourth-order valence-electron chi connectivity index (χ4n) is 2.11. The summed E-state index contributed by atoms with van der Waals surface area (Å²) in [7, 11) is 0. The lowest BCUT2D eigenvalue weighted by molar-refractivity contribution is -0.139. The summed E-state index contributed by atoms with van der Waals surface area (Å²) < 4.78 is 21.2. The van der Waals surface area contributed by atoms with Crippen LogP contribution in [0.5, 0.6) is 5.75 Å². The molecule has 0 fully saturated rings. The predicted molar refractivity (Wildman–Crippen MR) is 103 cm³/mol. The van der Waals surface area contributed by atoms with Crippen LogP contribution in [0.2, 0.25) is 0 Å². The van der Waals surface area contributed by atoms with Crippen LogP contribution in [-0.4, -0.2) is 30.9 Å². The molecule has 6 nitrogen and oxygen atoms in total. The molecule has 0 heterocycles. The van der Waals surface area contributed by atoms with Crippen LogP contribution >= 0.6 is 0 Å². The van der Waals surface area contributed by atoms with Crippen molar-refractivity contribution in [3.05, 3.63) is 42.0 Å². The maximum absolute atomic E-state index is 12.1. The summed E-state index contributed by atoms with van der Waals surface area (Å²) in [6, 6.07) is 6.96. The molecule has 0 aliphatic rings. The van der Waals surface area contributed by atoms with Gasteiger partial charge in [-0.15, -0.1) is 0 Å². The molecule has 0 aliphatic heterocycles. The Balaban J connectivity index is 2.97. The summed E-state index contributed by atoms with van der Waals surface area (Å²) in [5, 5.41) is 0. The first-order valence-electron chi connectivity index (χ1n) is 9.16. The molecular formula is C21H30O6. The predicted octanol–water partition coefficient (Wildman–Crippen LogP) is 4.98. The average molecular weight is 378 g/mol. The highest BCUT2D eigenvalue weighted by Gasteiger charge is 2.28. The minimum Gasteiger partial charge on any atom is -0.494 e. The van der Waals surface area contributed by atoms with Gasteiger partial charge in [-0.3, -0.25) is 0 Å². The van der Waals surface area contributed by atoms with E-state index >= 15 is 0 Å². The van der Waals surface area contributed by atoms with E-state index in [1.54, 1.807) is 52.0 Å². The fourth-order valence-corrected chi connectivity index (χ4v) is 2.11. The highest BCUT2D eigenvalue weighted by Crippen LogP contribution is 2.29. The van der Waals surface area contributed by atoms with E-state index in [-0.39, 0.29) is 12.2 Å². The summed E-state index contributed by atoms with van der Waals surface area (Å²) in [4.78, 5) is 24.2. The van der Waals surface area contributed by atoms with E-state index in [1.165, 1.54) is 0 Å². The van der Waals surface area contributed by atoms with Crippen molar-refractivity contribution >= 4 is 12.1 Å². The third-order valence-corrected chi connectivity index (χ3v) is 3.41. The lowest BCUT2D eigenvalue weighted by atomic mass is 10.0. The molecular weight excluding hydrogens is 348 g/mol. The molecule has 0 amide bonds. The first-order valence-corrected chi connectivity index (χ1v) is 9.16. The first-order chi connectivity index (χ1) is 12.7. The Bertz CT molecular complexity index is 627. The summed E-state index contributed by atoms with van der Waals surface area (Å²) in [5.74, 6) is 0.0688. The SMILES string of the molecule is C=C(C(=O)OCC)C(OC(=O)OC(C)(C)C)c1ccc(OCCCC)cc1. The largest absolute Gasteiger partial charge is 0.509 e. The quantitative estimate of drug-likeness (QED) is 0.343. The monoisotopic (exact) mass is 378 g/mol. The van der Waals surface area contributed by atoms with Crippen LogP contribution in [0.25, 0.3) is 0 Å². The van der Waals surface area contributed by atoms with Crippen LogP contribution in [0, 0.1) is 0 Å². The van der Waals surface area contributed by atoms with Gasteiger partial charge in [0.2, 0.25) is 0 Å². The molecule has 0 bridgehead atoms. The summed E-state index contributed by atoms with van der Waals surface area (Å²) >= 11 is 0. The van der Waals surface area contributed by atoms with Gasteiger partial charge in [0.25, 0.3) is 0 Å². The lowest BCUT2D eigenvalue weighted by Gasteiger charge is -2.23. The van der Waals surface area contributed by atoms with Crippen molar-refractivity contribution in [3.63, 3.8) is 0 Å². The topological polar surface area (TPSA) is 71.1 Å². The van der Waals surface area contributed by atoms with Crippen molar-refractivity contribution in [2.45, 2.75) is 59.2 Å². The van der Waals surface area contributed by atoms with Crippen molar-refractivity contribution in [1.82, 2.24) is 0 Å². The van der Waals surface area contributed by atoms with Gasteiger partial charge in [0.15, 0.2) is 6.10 Å². The molecule has 1 rings (SSSR count). The third kappa shape index (κ3) is 8.15. The first kappa shape index (κ1) is 22.5. The van der Waals surface area contributed by atoms with Gasteiger partial charge >= 0.3 is 12.1 Å². The Kier molecular flexibility index (Phi) is 8.85. The zero-order valence-corrected chi connectivity index (χ0v) is 16.9. The standard InChI is InChI=1S/C21H30O6/c1-7-9-14-25-17-12-10-16(11-13-17)18(15(3)19(22)24-8-2)26-20(23)27-21(4,5)6/h10-13,18H,3,7-9,14H2,1-2,4-6H3. The van der Waals surface area contributed by atoms with Crippen LogP contribution in [0.4, 0.5) is 4.79 Å². The highest BCUT2D eigenvalue weighted by atomic mass is 16.7. The maximum atomic E-state index is 12.1. The van der Waals surface area contributed by atoms with Crippen molar-refractivity contribution in [1.29, 1.82) is 0 Å². The average Bonchev–Trinajstić information content (AvgIpc) is 2.59. The number of benzene rings is 1. The molecule has 1 unspecified atom stereocenters. The Hall–Kier alpha value is -2.50. The van der Waals surface area contributed by atoms with Gasteiger partial charge in [0, 0.05) is 0 Å². The van der Waals surface area contributed by atoms with E-state index in [4.69, 9.17) is 18.9 Å². The van der Waals surface area contributed by atoms with Crippen LogP contribution < -0.4 is 4.74 Å². The second-order valence-corrected chi connectivity index (χ2v) is 6.98. The number of carbonyl (C=O) groups is 2. The Morgan fingerprint density at radius 1 is 1.11 bits per heavy atom. The fraction of sp³-hybridized carbons (Fsp3) is 0.524. The van der Waals surface area contributed by atoms with Crippen molar-refractivity contribution in [2.75, 3.05) is 13.2 Å². The molecule has 0 aromatic heterocycles. The smallest absolute Gasteiger partial charge is 0.494 e. The molecule has 0 saturated heterocycles. The molecule has 1 atom stereocenters. The van der Waals surface area contributed by atoms with E-state index in [0.29, 0.717) is 17.9 Å². The van der Waals surface area contributed by atoms with E-state index in [0.717, 1.165) is 12.8 Å². The van der Waals surface area contributed by atoms with Gasteiger partial charge in [0.05, 0.1) is 18.8 Å². The Morgan fingerprint density at radius 2 is 1.74 bits per heavy atom. The minimum absolute atomic E-state index is 0.0161. The molecule has 0 N–H and O–H groups in total. The molecule has 150 valence electrons. The molecule has 0 aliphatic carbocycles. The summed E-state index contributed by atoms with van der Waals surface area (Å²) in [5.41, 5.74) is -0.131. The number of esters is 1. The van der Waals surface area contributed by atoms with Gasteiger partial charge in [-0.2, -0.15) is 0 Å². The van der Waals surface area contributed by atoms with Gasteiger partial charge in [-0.05, 0) is 51.8 Å². The summed E-state index contributed by atoms with van der Waals surface area (Å²) in [6.07, 6.45) is 0.111. The van der Waals surface area contributed by atoms with Gasteiger partial charge in [-0.25, -0.2) is 9.59 Å². The molecule has 27 heavy (non-hydrogen) atoms. The molecule has 0 saturated carbocycles. The van der Waals surface area contributed by atoms with Crippen LogP contribution in [0.15, 0.2) is 36.4 Å². The van der Waals surface area contributed by atoms with Gasteiger partial charge in [-0.1, -0.05) is 32.1 Å². The number of rotatable bonds is 9. The van der Waals surface area contributed by atoms with E-state index < -0.39 is 23.8 Å². The number of unbranched alkanes of at least 4 members (excludes halogenated alkanes) is 1. The van der Waals surface area contributed by atoms with Gasteiger partial charge < -0.3 is 18.9 Å². The minimum atomic E-state index is -1.01. The molecule has 1 aromatic rings. The Labute approximate surface area is 161 Å². The Morgan fingerprint density at radius 3 is 2.26 bits per heavy atom.